The highest BCUT2D eigenvalue weighted by molar-refractivity contribution is 5.76. The van der Waals surface area contributed by atoms with E-state index in [1.54, 1.807) is 12.4 Å². The lowest BCUT2D eigenvalue weighted by Crippen LogP contribution is -2.49. The van der Waals surface area contributed by atoms with Crippen LogP contribution in [-0.4, -0.2) is 72.6 Å². The first kappa shape index (κ1) is 16.1. The number of nitrogens with zero attached hydrogens (tertiary/aromatic N) is 4. The van der Waals surface area contributed by atoms with Gasteiger partial charge >= 0.3 is 0 Å². The molecule has 1 aromatic rings. The highest BCUT2D eigenvalue weighted by Gasteiger charge is 2.19. The fourth-order valence-electron chi connectivity index (χ4n) is 3.21. The Morgan fingerprint density at radius 1 is 1.26 bits per heavy atom. The number of rotatable bonds is 6. The Morgan fingerprint density at radius 3 is 2.74 bits per heavy atom. The van der Waals surface area contributed by atoms with E-state index in [9.17, 15) is 4.79 Å². The summed E-state index contributed by atoms with van der Waals surface area (Å²) in [5.74, 6) is 0.977. The van der Waals surface area contributed by atoms with Crippen LogP contribution in [0.3, 0.4) is 0 Å². The van der Waals surface area contributed by atoms with Gasteiger partial charge in [0.15, 0.2) is 0 Å². The minimum Gasteiger partial charge on any atom is -0.355 e. The fourth-order valence-corrected chi connectivity index (χ4v) is 3.21. The Kier molecular flexibility index (Phi) is 5.76. The Morgan fingerprint density at radius 2 is 2.04 bits per heavy atom. The predicted octanol–water partition coefficient (Wildman–Crippen LogP) is -0.143. The van der Waals surface area contributed by atoms with Gasteiger partial charge in [-0.1, -0.05) is 0 Å². The first-order valence-corrected chi connectivity index (χ1v) is 8.55. The third kappa shape index (κ3) is 4.87. The van der Waals surface area contributed by atoms with E-state index in [0.717, 1.165) is 58.2 Å². The van der Waals surface area contributed by atoms with Gasteiger partial charge in [-0.3, -0.25) is 9.69 Å². The van der Waals surface area contributed by atoms with Gasteiger partial charge < -0.3 is 15.5 Å². The molecule has 0 spiro atoms. The molecule has 0 bridgehead atoms. The Labute approximate surface area is 137 Å². The van der Waals surface area contributed by atoms with Crippen LogP contribution in [0.4, 0.5) is 5.95 Å². The quantitative estimate of drug-likeness (QED) is 0.760. The molecule has 1 atom stereocenters. The van der Waals surface area contributed by atoms with Gasteiger partial charge in [0.05, 0.1) is 0 Å². The molecule has 2 aliphatic rings. The Hall–Kier alpha value is -1.73. The van der Waals surface area contributed by atoms with Crippen molar-refractivity contribution < 1.29 is 4.79 Å². The SMILES string of the molecule is O=C(CC1CCCN1)NCCN1CCN(c2ncccn2)CC1. The second kappa shape index (κ2) is 8.21. The number of aromatic nitrogens is 2. The molecule has 2 aliphatic heterocycles. The van der Waals surface area contributed by atoms with Gasteiger partial charge in [-0.05, 0) is 25.5 Å². The summed E-state index contributed by atoms with van der Waals surface area (Å²) in [6.45, 7) is 6.53. The molecule has 1 unspecified atom stereocenters. The van der Waals surface area contributed by atoms with Crippen LogP contribution in [0.1, 0.15) is 19.3 Å². The molecule has 0 radical (unpaired) electrons. The zero-order valence-electron chi connectivity index (χ0n) is 13.6. The van der Waals surface area contributed by atoms with Gasteiger partial charge in [-0.2, -0.15) is 0 Å². The van der Waals surface area contributed by atoms with Crippen molar-refractivity contribution in [2.45, 2.75) is 25.3 Å². The zero-order chi connectivity index (χ0) is 15.9. The van der Waals surface area contributed by atoms with E-state index >= 15 is 0 Å². The monoisotopic (exact) mass is 318 g/mol. The maximum Gasteiger partial charge on any atom is 0.225 e. The molecule has 0 aliphatic carbocycles. The normalized spacial score (nSPS) is 22.3. The lowest BCUT2D eigenvalue weighted by Gasteiger charge is -2.34. The van der Waals surface area contributed by atoms with E-state index in [1.165, 1.54) is 6.42 Å². The maximum atomic E-state index is 11.9. The molecule has 0 aromatic carbocycles. The van der Waals surface area contributed by atoms with Crippen LogP contribution < -0.4 is 15.5 Å². The number of hydrogen-bond donors (Lipinski definition) is 2. The topological polar surface area (TPSA) is 73.4 Å². The smallest absolute Gasteiger partial charge is 0.225 e. The van der Waals surface area contributed by atoms with Gasteiger partial charge in [0.2, 0.25) is 11.9 Å². The first-order chi connectivity index (χ1) is 11.3. The third-order valence-corrected chi connectivity index (χ3v) is 4.55. The molecular weight excluding hydrogens is 292 g/mol. The Balaban J connectivity index is 1.31. The summed E-state index contributed by atoms with van der Waals surface area (Å²) in [6.07, 6.45) is 6.48. The van der Waals surface area contributed by atoms with Crippen molar-refractivity contribution in [2.24, 2.45) is 0 Å². The number of anilines is 1. The summed E-state index contributed by atoms with van der Waals surface area (Å²) in [6, 6.07) is 2.22. The molecule has 1 aromatic heterocycles. The summed E-state index contributed by atoms with van der Waals surface area (Å²) in [7, 11) is 0. The summed E-state index contributed by atoms with van der Waals surface area (Å²) >= 11 is 0. The molecule has 3 heterocycles. The standard InChI is InChI=1S/C16H26N6O/c23-15(13-14-3-1-4-17-14)18-7-8-21-9-11-22(12-10-21)16-19-5-2-6-20-16/h2,5-6,14,17H,1,3-4,7-13H2,(H,18,23). The van der Waals surface area contributed by atoms with Crippen molar-refractivity contribution >= 4 is 11.9 Å². The molecule has 2 saturated heterocycles. The molecule has 2 N–H and O–H groups in total. The number of piperazine rings is 1. The van der Waals surface area contributed by atoms with Gasteiger partial charge in [-0.15, -0.1) is 0 Å². The average molecular weight is 318 g/mol. The lowest BCUT2D eigenvalue weighted by atomic mass is 10.1. The van der Waals surface area contributed by atoms with Crippen molar-refractivity contribution in [1.82, 2.24) is 25.5 Å². The highest BCUT2D eigenvalue weighted by atomic mass is 16.1. The Bertz CT molecular complexity index is 483. The number of amides is 1. The van der Waals surface area contributed by atoms with E-state index in [0.29, 0.717) is 12.5 Å². The molecule has 7 nitrogen and oxygen atoms in total. The second-order valence-corrected chi connectivity index (χ2v) is 6.22. The summed E-state index contributed by atoms with van der Waals surface area (Å²) < 4.78 is 0. The van der Waals surface area contributed by atoms with Crippen LogP contribution >= 0.6 is 0 Å². The lowest BCUT2D eigenvalue weighted by molar-refractivity contribution is -0.121. The van der Waals surface area contributed by atoms with E-state index < -0.39 is 0 Å². The number of carbonyl (C=O) groups is 1. The van der Waals surface area contributed by atoms with Crippen molar-refractivity contribution in [3.8, 4) is 0 Å². The van der Waals surface area contributed by atoms with Gasteiger partial charge in [-0.25, -0.2) is 9.97 Å². The molecule has 7 heteroatoms. The second-order valence-electron chi connectivity index (χ2n) is 6.22. The van der Waals surface area contributed by atoms with E-state index in [2.05, 4.69) is 30.4 Å². The summed E-state index contributed by atoms with van der Waals surface area (Å²) in [5.41, 5.74) is 0. The van der Waals surface area contributed by atoms with Crippen LogP contribution in [0, 0.1) is 0 Å². The summed E-state index contributed by atoms with van der Waals surface area (Å²) in [5, 5.41) is 6.40. The van der Waals surface area contributed by atoms with Crippen molar-refractivity contribution in [2.75, 3.05) is 50.7 Å². The maximum absolute atomic E-state index is 11.9. The third-order valence-electron chi connectivity index (χ3n) is 4.55. The summed E-state index contributed by atoms with van der Waals surface area (Å²) in [4.78, 5) is 25.1. The minimum atomic E-state index is 0.167. The number of hydrogen-bond acceptors (Lipinski definition) is 6. The molecule has 2 fully saturated rings. The van der Waals surface area contributed by atoms with Crippen molar-refractivity contribution in [3.63, 3.8) is 0 Å². The zero-order valence-corrected chi connectivity index (χ0v) is 13.6. The number of carbonyl (C=O) groups excluding carboxylic acids is 1. The van der Waals surface area contributed by atoms with Crippen LogP contribution in [-0.2, 0) is 4.79 Å². The van der Waals surface area contributed by atoms with Gasteiger partial charge in [0, 0.05) is 64.1 Å². The minimum absolute atomic E-state index is 0.167. The van der Waals surface area contributed by atoms with Crippen LogP contribution in [0.2, 0.25) is 0 Å². The molecule has 126 valence electrons. The van der Waals surface area contributed by atoms with Crippen molar-refractivity contribution in [3.05, 3.63) is 18.5 Å². The molecule has 23 heavy (non-hydrogen) atoms. The molecule has 0 saturated carbocycles. The predicted molar refractivity (Wildman–Crippen MR) is 89.3 cm³/mol. The van der Waals surface area contributed by atoms with Crippen molar-refractivity contribution in [1.29, 1.82) is 0 Å². The van der Waals surface area contributed by atoms with E-state index in [4.69, 9.17) is 0 Å². The van der Waals surface area contributed by atoms with E-state index in [-0.39, 0.29) is 5.91 Å². The van der Waals surface area contributed by atoms with Crippen LogP contribution in [0.5, 0.6) is 0 Å². The first-order valence-electron chi connectivity index (χ1n) is 8.55. The highest BCUT2D eigenvalue weighted by Crippen LogP contribution is 2.09. The molecular formula is C16H26N6O. The van der Waals surface area contributed by atoms with Crippen LogP contribution in [0.25, 0.3) is 0 Å². The van der Waals surface area contributed by atoms with E-state index in [1.807, 2.05) is 6.07 Å². The number of nitrogens with one attached hydrogen (secondary N) is 2. The van der Waals surface area contributed by atoms with Crippen LogP contribution in [0.15, 0.2) is 18.5 Å². The average Bonchev–Trinajstić information content (AvgIpc) is 3.09. The molecule has 1 amide bonds. The largest absolute Gasteiger partial charge is 0.355 e. The van der Waals surface area contributed by atoms with Gasteiger partial charge in [0.25, 0.3) is 0 Å². The molecule has 3 rings (SSSR count). The van der Waals surface area contributed by atoms with Gasteiger partial charge in [0.1, 0.15) is 0 Å². The fraction of sp³-hybridized carbons (Fsp3) is 0.688.